The van der Waals surface area contributed by atoms with Gasteiger partial charge in [0.25, 0.3) is 5.91 Å². The number of carbonyl (C=O) groups is 2. The summed E-state index contributed by atoms with van der Waals surface area (Å²) in [5.74, 6) is 1.88. The van der Waals surface area contributed by atoms with E-state index in [0.29, 0.717) is 55.5 Å². The Hall–Kier alpha value is -2.28. The Balaban J connectivity index is 1.36. The fraction of sp³-hybridized carbons (Fsp3) is 0.680. The molecule has 3 atom stereocenters. The number of amides is 2. The third-order valence-corrected chi connectivity index (χ3v) is 7.97. The van der Waals surface area contributed by atoms with E-state index in [1.54, 1.807) is 32.4 Å². The lowest BCUT2D eigenvalue weighted by Crippen LogP contribution is -2.46. The number of rotatable bonds is 5. The van der Waals surface area contributed by atoms with Gasteiger partial charge in [-0.1, -0.05) is 13.3 Å². The van der Waals surface area contributed by atoms with Crippen LogP contribution in [0, 0.1) is 17.8 Å². The van der Waals surface area contributed by atoms with Crippen molar-refractivity contribution < 1.29 is 24.2 Å². The molecule has 1 saturated carbocycles. The molecule has 4 rings (SSSR count). The Morgan fingerprint density at radius 3 is 2.28 bits per heavy atom. The molecule has 2 saturated heterocycles. The zero-order valence-electron chi connectivity index (χ0n) is 19.5. The fourth-order valence-electron chi connectivity index (χ4n) is 5.95. The summed E-state index contributed by atoms with van der Waals surface area (Å²) in [7, 11) is 3.13. The van der Waals surface area contributed by atoms with E-state index in [0.717, 1.165) is 32.2 Å². The number of hydrogen-bond acceptors (Lipinski definition) is 5. The topological polar surface area (TPSA) is 79.3 Å². The second-order valence-corrected chi connectivity index (χ2v) is 9.63. The molecule has 176 valence electrons. The minimum absolute atomic E-state index is 0.0474. The summed E-state index contributed by atoms with van der Waals surface area (Å²) in [6.07, 6.45) is 5.11. The van der Waals surface area contributed by atoms with E-state index in [-0.39, 0.29) is 23.7 Å². The Morgan fingerprint density at radius 2 is 1.69 bits per heavy atom. The van der Waals surface area contributed by atoms with Crippen molar-refractivity contribution in [3.05, 3.63) is 23.8 Å². The predicted octanol–water partition coefficient (Wildman–Crippen LogP) is 2.96. The molecule has 3 fully saturated rings. The van der Waals surface area contributed by atoms with Crippen LogP contribution in [0.4, 0.5) is 0 Å². The summed E-state index contributed by atoms with van der Waals surface area (Å²) in [5, 5.41) is 11.0. The van der Waals surface area contributed by atoms with Gasteiger partial charge in [-0.25, -0.2) is 0 Å². The van der Waals surface area contributed by atoms with Gasteiger partial charge >= 0.3 is 0 Å². The van der Waals surface area contributed by atoms with Crippen molar-refractivity contribution in [3.63, 3.8) is 0 Å². The standard InChI is InChI=1S/C25H36N2O5/c1-4-25(30)9-5-6-18-15-27(16-22(18)25)23(28)17-7-10-26(11-8-17)24(29)19-12-20(31-2)14-21(13-19)32-3/h12-14,17-18,22,30H,4-11,15-16H2,1-3H3/t18-,22+,25-/m1/s1. The number of fused-ring (bicyclic) bond motifs is 1. The molecule has 0 aromatic heterocycles. The van der Waals surface area contributed by atoms with E-state index in [1.165, 1.54) is 0 Å². The first kappa shape index (κ1) is 22.9. The van der Waals surface area contributed by atoms with Crippen LogP contribution in [0.2, 0.25) is 0 Å². The van der Waals surface area contributed by atoms with E-state index < -0.39 is 5.60 Å². The Bertz CT molecular complexity index is 828. The molecule has 1 aliphatic carbocycles. The van der Waals surface area contributed by atoms with Gasteiger partial charge in [0, 0.05) is 49.6 Å². The van der Waals surface area contributed by atoms with E-state index >= 15 is 0 Å². The number of benzene rings is 1. The van der Waals surface area contributed by atoms with Crippen LogP contribution >= 0.6 is 0 Å². The molecule has 7 heteroatoms. The first-order chi connectivity index (χ1) is 15.4. The van der Waals surface area contributed by atoms with E-state index in [2.05, 4.69) is 6.92 Å². The summed E-state index contributed by atoms with van der Waals surface area (Å²) in [5.41, 5.74) is -0.0839. The maximum Gasteiger partial charge on any atom is 0.254 e. The van der Waals surface area contributed by atoms with Crippen LogP contribution in [0.3, 0.4) is 0 Å². The normalized spacial score (nSPS) is 28.4. The number of aliphatic hydroxyl groups is 1. The summed E-state index contributed by atoms with van der Waals surface area (Å²) in [4.78, 5) is 30.1. The zero-order valence-corrected chi connectivity index (χ0v) is 19.5. The second-order valence-electron chi connectivity index (χ2n) is 9.63. The van der Waals surface area contributed by atoms with Crippen molar-refractivity contribution in [2.24, 2.45) is 17.8 Å². The number of ether oxygens (including phenoxy) is 2. The van der Waals surface area contributed by atoms with Gasteiger partial charge in [-0.05, 0) is 50.2 Å². The van der Waals surface area contributed by atoms with Crippen LogP contribution in [0.5, 0.6) is 11.5 Å². The second kappa shape index (κ2) is 9.30. The quantitative estimate of drug-likeness (QED) is 0.755. The molecule has 2 amide bonds. The number of hydrogen-bond donors (Lipinski definition) is 1. The number of methoxy groups -OCH3 is 2. The maximum absolute atomic E-state index is 13.3. The molecule has 2 heterocycles. The third kappa shape index (κ3) is 4.32. The number of likely N-dealkylation sites (tertiary alicyclic amines) is 2. The van der Waals surface area contributed by atoms with Gasteiger partial charge in [-0.15, -0.1) is 0 Å². The minimum atomic E-state index is -0.620. The van der Waals surface area contributed by atoms with Crippen LogP contribution in [0.25, 0.3) is 0 Å². The molecule has 32 heavy (non-hydrogen) atoms. The fourth-order valence-corrected chi connectivity index (χ4v) is 5.95. The van der Waals surface area contributed by atoms with Gasteiger partial charge in [-0.3, -0.25) is 9.59 Å². The highest BCUT2D eigenvalue weighted by atomic mass is 16.5. The summed E-state index contributed by atoms with van der Waals surface area (Å²) >= 11 is 0. The molecule has 0 unspecified atom stereocenters. The molecule has 0 bridgehead atoms. The molecule has 0 spiro atoms. The molecular formula is C25H36N2O5. The lowest BCUT2D eigenvalue weighted by molar-refractivity contribution is -0.136. The van der Waals surface area contributed by atoms with Crippen LogP contribution in [0.15, 0.2) is 18.2 Å². The average Bonchev–Trinajstić information content (AvgIpc) is 3.29. The van der Waals surface area contributed by atoms with E-state index in [9.17, 15) is 14.7 Å². The first-order valence-electron chi connectivity index (χ1n) is 11.9. The van der Waals surface area contributed by atoms with Gasteiger partial charge < -0.3 is 24.4 Å². The SMILES string of the molecule is CC[C@@]1(O)CCC[C@@H]2CN(C(=O)C3CCN(C(=O)c4cc(OC)cc(OC)c4)CC3)C[C@@H]21. The van der Waals surface area contributed by atoms with Crippen LogP contribution in [-0.4, -0.2) is 72.7 Å². The Morgan fingerprint density at radius 1 is 1.03 bits per heavy atom. The van der Waals surface area contributed by atoms with E-state index in [1.807, 2.05) is 9.80 Å². The van der Waals surface area contributed by atoms with E-state index in [4.69, 9.17) is 9.47 Å². The molecule has 7 nitrogen and oxygen atoms in total. The van der Waals surface area contributed by atoms with Crippen LogP contribution in [-0.2, 0) is 4.79 Å². The van der Waals surface area contributed by atoms with Crippen molar-refractivity contribution >= 4 is 11.8 Å². The molecule has 1 aromatic rings. The smallest absolute Gasteiger partial charge is 0.254 e. The van der Waals surface area contributed by atoms with Crippen molar-refractivity contribution in [3.8, 4) is 11.5 Å². The Labute approximate surface area is 190 Å². The summed E-state index contributed by atoms with van der Waals surface area (Å²) < 4.78 is 10.6. The average molecular weight is 445 g/mol. The first-order valence-corrected chi connectivity index (χ1v) is 11.9. The van der Waals surface area contributed by atoms with Gasteiger partial charge in [0.2, 0.25) is 5.91 Å². The van der Waals surface area contributed by atoms with Crippen LogP contribution in [0.1, 0.15) is 55.8 Å². The third-order valence-electron chi connectivity index (χ3n) is 7.97. The van der Waals surface area contributed by atoms with Gasteiger partial charge in [0.1, 0.15) is 11.5 Å². The van der Waals surface area contributed by atoms with Gasteiger partial charge in [0.15, 0.2) is 0 Å². The molecule has 1 N–H and O–H groups in total. The number of carbonyl (C=O) groups excluding carboxylic acids is 2. The highest BCUT2D eigenvalue weighted by Gasteiger charge is 2.49. The summed E-state index contributed by atoms with van der Waals surface area (Å²) in [6, 6.07) is 5.20. The molecule has 2 aliphatic heterocycles. The highest BCUT2D eigenvalue weighted by molar-refractivity contribution is 5.95. The van der Waals surface area contributed by atoms with Crippen LogP contribution < -0.4 is 9.47 Å². The molecule has 1 aromatic carbocycles. The van der Waals surface area contributed by atoms with Crippen molar-refractivity contribution in [2.45, 2.75) is 51.0 Å². The predicted molar refractivity (Wildman–Crippen MR) is 121 cm³/mol. The highest BCUT2D eigenvalue weighted by Crippen LogP contribution is 2.44. The monoisotopic (exact) mass is 444 g/mol. The number of nitrogens with zero attached hydrogens (tertiary/aromatic N) is 2. The van der Waals surface area contributed by atoms with Crippen molar-refractivity contribution in [2.75, 3.05) is 40.4 Å². The largest absolute Gasteiger partial charge is 0.497 e. The molecule has 3 aliphatic rings. The lowest BCUT2D eigenvalue weighted by Gasteiger charge is -2.40. The van der Waals surface area contributed by atoms with Crippen molar-refractivity contribution in [1.82, 2.24) is 9.80 Å². The number of piperidine rings is 1. The molecule has 0 radical (unpaired) electrons. The minimum Gasteiger partial charge on any atom is -0.497 e. The van der Waals surface area contributed by atoms with Gasteiger partial charge in [-0.2, -0.15) is 0 Å². The van der Waals surface area contributed by atoms with Crippen molar-refractivity contribution in [1.29, 1.82) is 0 Å². The maximum atomic E-state index is 13.3. The Kier molecular flexibility index (Phi) is 6.65. The lowest BCUT2D eigenvalue weighted by atomic mass is 9.69. The molecular weight excluding hydrogens is 408 g/mol. The van der Waals surface area contributed by atoms with Gasteiger partial charge in [0.05, 0.1) is 19.8 Å². The zero-order chi connectivity index (χ0) is 22.9. The summed E-state index contributed by atoms with van der Waals surface area (Å²) in [6.45, 7) is 4.63.